The summed E-state index contributed by atoms with van der Waals surface area (Å²) in [5.74, 6) is 1.03. The van der Waals surface area contributed by atoms with Crippen LogP contribution in [0.3, 0.4) is 0 Å². The molecular weight excluding hydrogens is 387 g/mol. The molecule has 2 bridgehead atoms. The highest BCUT2D eigenvalue weighted by atomic mass is 19.1. The van der Waals surface area contributed by atoms with Crippen molar-refractivity contribution in [2.75, 3.05) is 13.7 Å². The molecule has 30 heavy (non-hydrogen) atoms. The van der Waals surface area contributed by atoms with E-state index in [9.17, 15) is 9.50 Å². The van der Waals surface area contributed by atoms with Crippen molar-refractivity contribution in [3.05, 3.63) is 48.7 Å². The lowest BCUT2D eigenvalue weighted by Crippen LogP contribution is -2.46. The van der Waals surface area contributed by atoms with Crippen LogP contribution in [-0.4, -0.2) is 52.3 Å². The lowest BCUT2D eigenvalue weighted by atomic mass is 10.0. The highest BCUT2D eigenvalue weighted by Crippen LogP contribution is 2.37. The number of aromatic nitrogens is 3. The molecule has 154 valence electrons. The van der Waals surface area contributed by atoms with Crippen molar-refractivity contribution < 1.29 is 19.0 Å². The van der Waals surface area contributed by atoms with E-state index in [0.717, 1.165) is 24.1 Å². The highest BCUT2D eigenvalue weighted by molar-refractivity contribution is 5.74. The Morgan fingerprint density at radius 1 is 1.07 bits per heavy atom. The van der Waals surface area contributed by atoms with Gasteiger partial charge < -0.3 is 19.9 Å². The number of pyridine rings is 1. The van der Waals surface area contributed by atoms with Crippen LogP contribution >= 0.6 is 0 Å². The van der Waals surface area contributed by atoms with Crippen molar-refractivity contribution in [2.24, 2.45) is 5.92 Å². The number of hydrogen-bond acceptors (Lipinski definition) is 7. The van der Waals surface area contributed by atoms with Crippen LogP contribution in [0.2, 0.25) is 0 Å². The van der Waals surface area contributed by atoms with Crippen molar-refractivity contribution in [2.45, 2.75) is 24.7 Å². The van der Waals surface area contributed by atoms with Gasteiger partial charge in [0, 0.05) is 42.4 Å². The SMILES string of the molecule is COc1cc(-c2ccc(-c3ccc(O[C@H]4C5CNC(C5)[C@@H]4F)nn3)c(O)c2)ccn1. The van der Waals surface area contributed by atoms with E-state index in [1.165, 1.54) is 0 Å². The molecule has 8 heteroatoms. The molecule has 2 aliphatic rings. The van der Waals surface area contributed by atoms with Crippen LogP contribution in [0.4, 0.5) is 4.39 Å². The van der Waals surface area contributed by atoms with E-state index in [4.69, 9.17) is 9.47 Å². The zero-order valence-electron chi connectivity index (χ0n) is 16.3. The molecule has 4 atom stereocenters. The number of phenolic OH excluding ortho intramolecular Hbond substituents is 1. The van der Waals surface area contributed by atoms with Gasteiger partial charge in [-0.25, -0.2) is 9.37 Å². The molecule has 2 N–H and O–H groups in total. The Hall–Kier alpha value is -3.26. The molecule has 0 radical (unpaired) electrons. The second-order valence-electron chi connectivity index (χ2n) is 7.61. The molecular formula is C22H21FN4O3. The fraction of sp³-hybridized carbons (Fsp3) is 0.318. The number of aromatic hydroxyl groups is 1. The molecule has 5 rings (SSSR count). The van der Waals surface area contributed by atoms with Gasteiger partial charge in [0.15, 0.2) is 6.17 Å². The third-order valence-corrected chi connectivity index (χ3v) is 5.81. The molecule has 1 aliphatic carbocycles. The third kappa shape index (κ3) is 3.33. The molecule has 1 aliphatic heterocycles. The first-order valence-electron chi connectivity index (χ1n) is 9.84. The number of rotatable bonds is 5. The molecule has 2 fully saturated rings. The van der Waals surface area contributed by atoms with Crippen molar-refractivity contribution in [1.29, 1.82) is 0 Å². The predicted octanol–water partition coefficient (Wildman–Crippen LogP) is 3.00. The molecule has 2 unspecified atom stereocenters. The Balaban J connectivity index is 1.34. The van der Waals surface area contributed by atoms with Crippen LogP contribution in [0.1, 0.15) is 6.42 Å². The van der Waals surface area contributed by atoms with Gasteiger partial charge in [-0.2, -0.15) is 0 Å². The number of piperidine rings is 1. The fourth-order valence-electron chi connectivity index (χ4n) is 4.23. The predicted molar refractivity (Wildman–Crippen MR) is 108 cm³/mol. The number of nitrogens with zero attached hydrogens (tertiary/aromatic N) is 3. The molecule has 2 aromatic heterocycles. The van der Waals surface area contributed by atoms with Crippen molar-refractivity contribution in [1.82, 2.24) is 20.5 Å². The maximum atomic E-state index is 14.3. The molecule has 1 saturated heterocycles. The van der Waals surface area contributed by atoms with Crippen LogP contribution < -0.4 is 14.8 Å². The first kappa shape index (κ1) is 18.7. The minimum absolute atomic E-state index is 0.0780. The van der Waals surface area contributed by atoms with Gasteiger partial charge in [0.1, 0.15) is 11.9 Å². The van der Waals surface area contributed by atoms with Crippen LogP contribution in [0, 0.1) is 5.92 Å². The van der Waals surface area contributed by atoms with Crippen molar-refractivity contribution in [3.63, 3.8) is 0 Å². The largest absolute Gasteiger partial charge is 0.507 e. The molecule has 3 aromatic rings. The zero-order valence-corrected chi connectivity index (χ0v) is 16.3. The second kappa shape index (κ2) is 7.53. The van der Waals surface area contributed by atoms with Crippen LogP contribution in [-0.2, 0) is 0 Å². The van der Waals surface area contributed by atoms with Crippen molar-refractivity contribution in [3.8, 4) is 39.9 Å². The minimum atomic E-state index is -1.03. The summed E-state index contributed by atoms with van der Waals surface area (Å²) in [7, 11) is 1.56. The molecule has 0 amide bonds. The van der Waals surface area contributed by atoms with Gasteiger partial charge in [-0.15, -0.1) is 10.2 Å². The molecule has 1 aromatic carbocycles. The smallest absolute Gasteiger partial charge is 0.233 e. The van der Waals surface area contributed by atoms with E-state index in [-0.39, 0.29) is 17.7 Å². The number of nitrogens with one attached hydrogen (secondary N) is 1. The monoisotopic (exact) mass is 408 g/mol. The van der Waals surface area contributed by atoms with Gasteiger partial charge in [-0.1, -0.05) is 6.07 Å². The lowest BCUT2D eigenvalue weighted by Gasteiger charge is -2.26. The van der Waals surface area contributed by atoms with Crippen LogP contribution in [0.15, 0.2) is 48.7 Å². The first-order chi connectivity index (χ1) is 14.6. The van der Waals surface area contributed by atoms with E-state index >= 15 is 0 Å². The number of alkyl halides is 1. The Morgan fingerprint density at radius 3 is 2.63 bits per heavy atom. The summed E-state index contributed by atoms with van der Waals surface area (Å²) < 4.78 is 25.2. The number of hydrogen-bond donors (Lipinski definition) is 2. The van der Waals surface area contributed by atoms with Gasteiger partial charge in [0.25, 0.3) is 0 Å². The fourth-order valence-corrected chi connectivity index (χ4v) is 4.23. The maximum Gasteiger partial charge on any atom is 0.233 e. The van der Waals surface area contributed by atoms with Gasteiger partial charge in [0.2, 0.25) is 11.8 Å². The zero-order chi connectivity index (χ0) is 20.7. The Labute approximate surface area is 172 Å². The Kier molecular flexibility index (Phi) is 4.71. The standard InChI is InChI=1S/C22H21FN4O3/c1-29-20-10-13(6-7-24-20)12-2-3-15(18(28)9-12)16-4-5-19(27-26-16)30-22-14-8-17(21(22)23)25-11-14/h2-7,9-10,14,17,21-22,25,28H,8,11H2,1H3/t14?,17?,21-,22-/m0/s1. The minimum Gasteiger partial charge on any atom is -0.507 e. The Morgan fingerprint density at radius 2 is 1.93 bits per heavy atom. The number of ether oxygens (including phenoxy) is 2. The number of halogens is 1. The quantitative estimate of drug-likeness (QED) is 0.671. The van der Waals surface area contributed by atoms with E-state index < -0.39 is 12.3 Å². The summed E-state index contributed by atoms with van der Waals surface area (Å²) in [6, 6.07) is 12.2. The van der Waals surface area contributed by atoms with E-state index in [1.54, 1.807) is 43.6 Å². The van der Waals surface area contributed by atoms with Crippen molar-refractivity contribution >= 4 is 0 Å². The molecule has 0 spiro atoms. The van der Waals surface area contributed by atoms with E-state index in [1.807, 2.05) is 12.1 Å². The Bertz CT molecular complexity index is 1060. The highest BCUT2D eigenvalue weighted by Gasteiger charge is 2.50. The van der Waals surface area contributed by atoms with Crippen LogP contribution in [0.25, 0.3) is 22.4 Å². The summed E-state index contributed by atoms with van der Waals surface area (Å²) in [4.78, 5) is 4.09. The first-order valence-corrected chi connectivity index (χ1v) is 9.84. The number of benzene rings is 1. The topological polar surface area (TPSA) is 89.4 Å². The third-order valence-electron chi connectivity index (χ3n) is 5.81. The van der Waals surface area contributed by atoms with Gasteiger partial charge in [0.05, 0.1) is 12.8 Å². The molecule has 7 nitrogen and oxygen atoms in total. The summed E-state index contributed by atoms with van der Waals surface area (Å²) in [6.45, 7) is 0.769. The average molecular weight is 408 g/mol. The number of phenols is 1. The van der Waals surface area contributed by atoms with Gasteiger partial charge in [-0.05, 0) is 41.8 Å². The van der Waals surface area contributed by atoms with E-state index in [0.29, 0.717) is 23.0 Å². The summed E-state index contributed by atoms with van der Waals surface area (Å²) in [5, 5.41) is 21.9. The molecule has 3 heterocycles. The number of fused-ring (bicyclic) bond motifs is 2. The summed E-state index contributed by atoms with van der Waals surface area (Å²) >= 11 is 0. The average Bonchev–Trinajstić information content (AvgIpc) is 3.37. The lowest BCUT2D eigenvalue weighted by molar-refractivity contribution is 0.0615. The van der Waals surface area contributed by atoms with E-state index in [2.05, 4.69) is 20.5 Å². The molecule has 1 saturated carbocycles. The maximum absolute atomic E-state index is 14.3. The van der Waals surface area contributed by atoms with Gasteiger partial charge in [-0.3, -0.25) is 0 Å². The van der Waals surface area contributed by atoms with Crippen LogP contribution in [0.5, 0.6) is 17.5 Å². The summed E-state index contributed by atoms with van der Waals surface area (Å²) in [6.07, 6.45) is 0.924. The second-order valence-corrected chi connectivity index (χ2v) is 7.61. The van der Waals surface area contributed by atoms with Gasteiger partial charge >= 0.3 is 0 Å². The normalized spacial score (nSPS) is 24.7. The number of methoxy groups -OCH3 is 1. The summed E-state index contributed by atoms with van der Waals surface area (Å²) in [5.41, 5.74) is 2.75.